The predicted molar refractivity (Wildman–Crippen MR) is 74.9 cm³/mol. The van der Waals surface area contributed by atoms with E-state index in [1.807, 2.05) is 19.1 Å². The SMILES string of the molecule is COc1ccc(C2NNCC2CNC(C)CO)cc1. The van der Waals surface area contributed by atoms with E-state index in [2.05, 4.69) is 28.3 Å². The summed E-state index contributed by atoms with van der Waals surface area (Å²) in [4.78, 5) is 0. The molecular formula is C14H23N3O2. The quantitative estimate of drug-likeness (QED) is 0.601. The van der Waals surface area contributed by atoms with E-state index in [4.69, 9.17) is 9.84 Å². The Balaban J connectivity index is 1.97. The maximum Gasteiger partial charge on any atom is 0.118 e. The van der Waals surface area contributed by atoms with Crippen molar-refractivity contribution in [3.63, 3.8) is 0 Å². The van der Waals surface area contributed by atoms with E-state index in [0.29, 0.717) is 5.92 Å². The zero-order valence-electron chi connectivity index (χ0n) is 11.5. The fraction of sp³-hybridized carbons (Fsp3) is 0.571. The largest absolute Gasteiger partial charge is 0.497 e. The molecule has 3 atom stereocenters. The van der Waals surface area contributed by atoms with Gasteiger partial charge in [-0.25, -0.2) is 5.43 Å². The minimum Gasteiger partial charge on any atom is -0.497 e. The van der Waals surface area contributed by atoms with Crippen LogP contribution in [0.5, 0.6) is 5.75 Å². The van der Waals surface area contributed by atoms with Crippen LogP contribution in [0.2, 0.25) is 0 Å². The van der Waals surface area contributed by atoms with Gasteiger partial charge in [-0.1, -0.05) is 12.1 Å². The fourth-order valence-electron chi connectivity index (χ4n) is 2.31. The van der Waals surface area contributed by atoms with Gasteiger partial charge in [0.05, 0.1) is 19.8 Å². The maximum atomic E-state index is 9.04. The van der Waals surface area contributed by atoms with Crippen molar-refractivity contribution in [3.8, 4) is 5.75 Å². The third-order valence-corrected chi connectivity index (χ3v) is 3.57. The minimum absolute atomic E-state index is 0.136. The number of nitrogens with one attached hydrogen (secondary N) is 3. The highest BCUT2D eigenvalue weighted by molar-refractivity contribution is 5.30. The van der Waals surface area contributed by atoms with E-state index in [-0.39, 0.29) is 18.7 Å². The first kappa shape index (κ1) is 14.3. The van der Waals surface area contributed by atoms with Gasteiger partial charge < -0.3 is 15.2 Å². The van der Waals surface area contributed by atoms with E-state index < -0.39 is 0 Å². The fourth-order valence-corrected chi connectivity index (χ4v) is 2.31. The highest BCUT2D eigenvalue weighted by Gasteiger charge is 2.28. The molecule has 3 unspecified atom stereocenters. The molecule has 0 radical (unpaired) electrons. The number of methoxy groups -OCH3 is 1. The molecule has 0 saturated carbocycles. The number of hydrogen-bond acceptors (Lipinski definition) is 5. The molecule has 1 fully saturated rings. The van der Waals surface area contributed by atoms with Gasteiger partial charge in [0, 0.05) is 25.0 Å². The molecule has 1 aromatic rings. The molecule has 0 amide bonds. The number of hydrazine groups is 1. The monoisotopic (exact) mass is 265 g/mol. The highest BCUT2D eigenvalue weighted by atomic mass is 16.5. The average Bonchev–Trinajstić information content (AvgIpc) is 2.93. The van der Waals surface area contributed by atoms with Crippen LogP contribution in [-0.2, 0) is 0 Å². The van der Waals surface area contributed by atoms with E-state index in [1.165, 1.54) is 5.56 Å². The number of rotatable bonds is 6. The second kappa shape index (κ2) is 6.86. The number of aliphatic hydroxyl groups excluding tert-OH is 1. The predicted octanol–water partition coefficient (Wildman–Crippen LogP) is 0.431. The Morgan fingerprint density at radius 2 is 2.16 bits per heavy atom. The van der Waals surface area contributed by atoms with Crippen molar-refractivity contribution in [2.75, 3.05) is 26.8 Å². The van der Waals surface area contributed by atoms with E-state index in [1.54, 1.807) is 7.11 Å². The van der Waals surface area contributed by atoms with Crippen LogP contribution in [-0.4, -0.2) is 38.0 Å². The first-order valence-electron chi connectivity index (χ1n) is 6.71. The van der Waals surface area contributed by atoms with Crippen molar-refractivity contribution in [2.24, 2.45) is 5.92 Å². The smallest absolute Gasteiger partial charge is 0.118 e. The van der Waals surface area contributed by atoms with Crippen LogP contribution >= 0.6 is 0 Å². The van der Waals surface area contributed by atoms with E-state index in [0.717, 1.165) is 18.8 Å². The van der Waals surface area contributed by atoms with Gasteiger partial charge in [0.2, 0.25) is 0 Å². The second-order valence-electron chi connectivity index (χ2n) is 5.03. The lowest BCUT2D eigenvalue weighted by Gasteiger charge is -2.21. The summed E-state index contributed by atoms with van der Waals surface area (Å²) in [5, 5.41) is 12.4. The van der Waals surface area contributed by atoms with Crippen molar-refractivity contribution in [1.82, 2.24) is 16.2 Å². The van der Waals surface area contributed by atoms with Gasteiger partial charge in [0.1, 0.15) is 5.75 Å². The van der Waals surface area contributed by atoms with Gasteiger partial charge >= 0.3 is 0 Å². The summed E-state index contributed by atoms with van der Waals surface area (Å²) in [6.45, 7) is 3.94. The van der Waals surface area contributed by atoms with Crippen LogP contribution in [0.15, 0.2) is 24.3 Å². The van der Waals surface area contributed by atoms with Crippen molar-refractivity contribution < 1.29 is 9.84 Å². The summed E-state index contributed by atoms with van der Waals surface area (Å²) in [6.07, 6.45) is 0. The van der Waals surface area contributed by atoms with Gasteiger partial charge in [-0.15, -0.1) is 0 Å². The zero-order chi connectivity index (χ0) is 13.7. The molecule has 1 aliphatic heterocycles. The minimum atomic E-state index is 0.136. The molecule has 1 aliphatic rings. The van der Waals surface area contributed by atoms with Gasteiger partial charge in [0.15, 0.2) is 0 Å². The maximum absolute atomic E-state index is 9.04. The Bertz CT molecular complexity index is 383. The van der Waals surface area contributed by atoms with Crippen LogP contribution in [0, 0.1) is 5.92 Å². The highest BCUT2D eigenvalue weighted by Crippen LogP contribution is 2.26. The number of aliphatic hydroxyl groups is 1. The molecule has 19 heavy (non-hydrogen) atoms. The van der Waals surface area contributed by atoms with E-state index >= 15 is 0 Å². The summed E-state index contributed by atoms with van der Waals surface area (Å²) in [5.41, 5.74) is 7.76. The van der Waals surface area contributed by atoms with Gasteiger partial charge in [-0.3, -0.25) is 5.43 Å². The summed E-state index contributed by atoms with van der Waals surface area (Å²) < 4.78 is 5.18. The second-order valence-corrected chi connectivity index (χ2v) is 5.03. The first-order valence-corrected chi connectivity index (χ1v) is 6.71. The van der Waals surface area contributed by atoms with Crippen LogP contribution in [0.25, 0.3) is 0 Å². The molecule has 106 valence electrons. The summed E-state index contributed by atoms with van der Waals surface area (Å²) in [7, 11) is 1.67. The van der Waals surface area contributed by atoms with Crippen molar-refractivity contribution in [1.29, 1.82) is 0 Å². The third-order valence-electron chi connectivity index (χ3n) is 3.57. The standard InChI is InChI=1S/C14H23N3O2/c1-10(9-18)15-7-12-8-16-17-14(12)11-3-5-13(19-2)6-4-11/h3-6,10,12,14-18H,7-9H2,1-2H3. The molecule has 0 bridgehead atoms. The summed E-state index contributed by atoms with van der Waals surface area (Å²) in [6, 6.07) is 8.56. The zero-order valence-corrected chi connectivity index (χ0v) is 11.5. The van der Waals surface area contributed by atoms with Gasteiger partial charge in [-0.2, -0.15) is 0 Å². The Kier molecular flexibility index (Phi) is 5.15. The molecule has 1 aromatic carbocycles. The molecule has 0 aromatic heterocycles. The van der Waals surface area contributed by atoms with E-state index in [9.17, 15) is 0 Å². The topological polar surface area (TPSA) is 65.5 Å². The first-order chi connectivity index (χ1) is 9.24. The Morgan fingerprint density at radius 3 is 2.79 bits per heavy atom. The van der Waals surface area contributed by atoms with Crippen LogP contribution in [0.4, 0.5) is 0 Å². The van der Waals surface area contributed by atoms with Gasteiger partial charge in [0.25, 0.3) is 0 Å². The molecule has 5 nitrogen and oxygen atoms in total. The average molecular weight is 265 g/mol. The van der Waals surface area contributed by atoms with Crippen LogP contribution in [0.3, 0.4) is 0 Å². The van der Waals surface area contributed by atoms with Crippen molar-refractivity contribution >= 4 is 0 Å². The van der Waals surface area contributed by atoms with Crippen LogP contribution < -0.4 is 20.9 Å². The molecule has 0 aliphatic carbocycles. The van der Waals surface area contributed by atoms with Gasteiger partial charge in [-0.05, 0) is 24.6 Å². The molecule has 0 spiro atoms. The Morgan fingerprint density at radius 1 is 1.42 bits per heavy atom. The number of ether oxygens (including phenoxy) is 1. The molecule has 1 saturated heterocycles. The lowest BCUT2D eigenvalue weighted by Crippen LogP contribution is -2.36. The number of hydrogen-bond donors (Lipinski definition) is 4. The van der Waals surface area contributed by atoms with Crippen molar-refractivity contribution in [3.05, 3.63) is 29.8 Å². The lowest BCUT2D eigenvalue weighted by molar-refractivity contribution is 0.245. The molecule has 5 heteroatoms. The molecular weight excluding hydrogens is 242 g/mol. The Hall–Kier alpha value is -1.14. The molecule has 4 N–H and O–H groups in total. The van der Waals surface area contributed by atoms with Crippen molar-refractivity contribution in [2.45, 2.75) is 19.0 Å². The summed E-state index contributed by atoms with van der Waals surface area (Å²) in [5.74, 6) is 1.33. The Labute approximate surface area is 114 Å². The normalized spacial score (nSPS) is 24.4. The molecule has 1 heterocycles. The third kappa shape index (κ3) is 3.67. The van der Waals surface area contributed by atoms with Crippen LogP contribution in [0.1, 0.15) is 18.5 Å². The molecule has 2 rings (SSSR count). The number of benzene rings is 1. The summed E-state index contributed by atoms with van der Waals surface area (Å²) >= 11 is 0. The lowest BCUT2D eigenvalue weighted by atomic mass is 9.94.